The van der Waals surface area contributed by atoms with Gasteiger partial charge in [0.15, 0.2) is 0 Å². The molecule has 2 amide bonds. The lowest BCUT2D eigenvalue weighted by Crippen LogP contribution is -2.32. The molecule has 0 aliphatic heterocycles. The van der Waals surface area contributed by atoms with Gasteiger partial charge in [-0.25, -0.2) is 0 Å². The lowest BCUT2D eigenvalue weighted by Gasteiger charge is -2.15. The zero-order chi connectivity index (χ0) is 19.3. The molecule has 7 heteroatoms. The van der Waals surface area contributed by atoms with Crippen LogP contribution in [-0.4, -0.2) is 22.8 Å². The number of rotatable bonds is 6. The van der Waals surface area contributed by atoms with Crippen LogP contribution in [0, 0.1) is 17.0 Å². The fraction of sp³-hybridized carbons (Fsp3) is 0.263. The van der Waals surface area contributed by atoms with Gasteiger partial charge in [-0.2, -0.15) is 0 Å². The molecule has 2 aromatic rings. The van der Waals surface area contributed by atoms with Crippen molar-refractivity contribution in [1.82, 2.24) is 5.32 Å². The van der Waals surface area contributed by atoms with Crippen LogP contribution in [0.15, 0.2) is 42.5 Å². The van der Waals surface area contributed by atoms with Crippen LogP contribution in [0.3, 0.4) is 0 Å². The Morgan fingerprint density at radius 2 is 1.73 bits per heavy atom. The Kier molecular flexibility index (Phi) is 6.06. The second-order valence-electron chi connectivity index (χ2n) is 5.99. The summed E-state index contributed by atoms with van der Waals surface area (Å²) in [6, 6.07) is 11.0. The van der Waals surface area contributed by atoms with Gasteiger partial charge in [-0.15, -0.1) is 0 Å². The van der Waals surface area contributed by atoms with Gasteiger partial charge in [0, 0.05) is 23.2 Å². The highest BCUT2D eigenvalue weighted by Gasteiger charge is 2.20. The summed E-state index contributed by atoms with van der Waals surface area (Å²) in [7, 11) is 0. The van der Waals surface area contributed by atoms with Gasteiger partial charge in [0.1, 0.15) is 0 Å². The predicted octanol–water partition coefficient (Wildman–Crippen LogP) is 3.68. The van der Waals surface area contributed by atoms with Crippen LogP contribution >= 0.6 is 0 Å². The van der Waals surface area contributed by atoms with Gasteiger partial charge in [0.2, 0.25) is 0 Å². The molecule has 0 unspecified atom stereocenters. The molecule has 26 heavy (non-hydrogen) atoms. The smallest absolute Gasteiger partial charge is 0.273 e. The first kappa shape index (κ1) is 19.1. The third kappa shape index (κ3) is 4.24. The van der Waals surface area contributed by atoms with Crippen LogP contribution in [-0.2, 0) is 0 Å². The summed E-state index contributed by atoms with van der Waals surface area (Å²) in [6.07, 6.45) is 0.785. The summed E-state index contributed by atoms with van der Waals surface area (Å²) in [4.78, 5) is 35.5. The van der Waals surface area contributed by atoms with Crippen molar-refractivity contribution < 1.29 is 14.5 Å². The van der Waals surface area contributed by atoms with Crippen LogP contribution in [0.1, 0.15) is 46.5 Å². The van der Waals surface area contributed by atoms with E-state index >= 15 is 0 Å². The van der Waals surface area contributed by atoms with Crippen molar-refractivity contribution in [2.45, 2.75) is 33.2 Å². The molecule has 0 bridgehead atoms. The molecule has 1 atom stereocenters. The molecule has 0 fully saturated rings. The molecule has 0 saturated heterocycles. The number of hydrogen-bond acceptors (Lipinski definition) is 4. The average Bonchev–Trinajstić information content (AvgIpc) is 2.61. The van der Waals surface area contributed by atoms with E-state index in [0.29, 0.717) is 11.3 Å². The molecule has 0 aliphatic rings. The number of hydrogen-bond donors (Lipinski definition) is 2. The van der Waals surface area contributed by atoms with Gasteiger partial charge in [0.25, 0.3) is 17.5 Å². The summed E-state index contributed by atoms with van der Waals surface area (Å²) in [5.41, 5.74) is 1.03. The van der Waals surface area contributed by atoms with Gasteiger partial charge in [-0.3, -0.25) is 19.7 Å². The van der Waals surface area contributed by atoms with E-state index in [4.69, 9.17) is 0 Å². The number of benzene rings is 2. The molecule has 0 saturated carbocycles. The average molecular weight is 355 g/mol. The maximum Gasteiger partial charge on any atom is 0.273 e. The lowest BCUT2D eigenvalue weighted by molar-refractivity contribution is -0.385. The summed E-state index contributed by atoms with van der Waals surface area (Å²) in [6.45, 7) is 5.38. The standard InChI is InChI=1S/C19H21N3O4/c1-4-12(2)20-19(24)15-8-5-6-10-16(15)21-18(23)14-9-7-11-17(13(14)3)22(25)26/h5-12H,4H2,1-3H3,(H,20,24)(H,21,23)/t12-/m0/s1. The van der Waals surface area contributed by atoms with E-state index in [1.165, 1.54) is 25.1 Å². The van der Waals surface area contributed by atoms with Crippen molar-refractivity contribution in [2.75, 3.05) is 5.32 Å². The van der Waals surface area contributed by atoms with Crippen molar-refractivity contribution in [3.63, 3.8) is 0 Å². The van der Waals surface area contributed by atoms with E-state index in [2.05, 4.69) is 10.6 Å². The zero-order valence-corrected chi connectivity index (χ0v) is 14.9. The van der Waals surface area contributed by atoms with E-state index in [1.807, 2.05) is 13.8 Å². The molecule has 2 aromatic carbocycles. The Bertz CT molecular complexity index is 848. The van der Waals surface area contributed by atoms with Gasteiger partial charge in [0.05, 0.1) is 16.2 Å². The van der Waals surface area contributed by atoms with Crippen molar-refractivity contribution in [1.29, 1.82) is 0 Å². The maximum atomic E-state index is 12.6. The summed E-state index contributed by atoms with van der Waals surface area (Å²) in [5.74, 6) is -0.791. The van der Waals surface area contributed by atoms with Crippen LogP contribution in [0.5, 0.6) is 0 Å². The highest BCUT2D eigenvalue weighted by atomic mass is 16.6. The number of amides is 2. The number of nitro benzene ring substituents is 1. The molecular weight excluding hydrogens is 334 g/mol. The first-order valence-corrected chi connectivity index (χ1v) is 8.30. The van der Waals surface area contributed by atoms with Crippen molar-refractivity contribution in [3.8, 4) is 0 Å². The van der Waals surface area contributed by atoms with Gasteiger partial charge >= 0.3 is 0 Å². The molecule has 2 N–H and O–H groups in total. The Hall–Kier alpha value is -3.22. The number of carbonyl (C=O) groups is 2. The van der Waals surface area contributed by atoms with Crippen LogP contribution in [0.25, 0.3) is 0 Å². The number of carbonyl (C=O) groups excluding carboxylic acids is 2. The quantitative estimate of drug-likeness (QED) is 0.609. The predicted molar refractivity (Wildman–Crippen MR) is 99.4 cm³/mol. The second-order valence-corrected chi connectivity index (χ2v) is 5.99. The minimum absolute atomic E-state index is 0.00488. The van der Waals surface area contributed by atoms with Gasteiger partial charge < -0.3 is 10.6 Å². The Balaban J connectivity index is 2.30. The van der Waals surface area contributed by atoms with Crippen molar-refractivity contribution in [3.05, 3.63) is 69.3 Å². The molecule has 7 nitrogen and oxygen atoms in total. The summed E-state index contributed by atoms with van der Waals surface area (Å²) < 4.78 is 0. The first-order valence-electron chi connectivity index (χ1n) is 8.30. The number of para-hydroxylation sites is 1. The van der Waals surface area contributed by atoms with Gasteiger partial charge in [-0.1, -0.05) is 25.1 Å². The Labute approximate surface area is 151 Å². The minimum atomic E-state index is -0.528. The van der Waals surface area contributed by atoms with E-state index in [0.717, 1.165) is 6.42 Å². The molecule has 0 heterocycles. The molecule has 136 valence electrons. The van der Waals surface area contributed by atoms with E-state index in [1.54, 1.807) is 24.3 Å². The van der Waals surface area contributed by atoms with Crippen LogP contribution < -0.4 is 10.6 Å². The second kappa shape index (κ2) is 8.24. The molecule has 0 spiro atoms. The normalized spacial score (nSPS) is 11.5. The summed E-state index contributed by atoms with van der Waals surface area (Å²) in [5, 5.41) is 16.6. The number of nitrogens with zero attached hydrogens (tertiary/aromatic N) is 1. The molecule has 2 rings (SSSR count). The molecule has 0 aliphatic carbocycles. The van der Waals surface area contributed by atoms with E-state index < -0.39 is 10.8 Å². The highest BCUT2D eigenvalue weighted by Crippen LogP contribution is 2.23. The van der Waals surface area contributed by atoms with Crippen molar-refractivity contribution in [2.24, 2.45) is 0 Å². The third-order valence-corrected chi connectivity index (χ3v) is 4.16. The molecule has 0 radical (unpaired) electrons. The van der Waals surface area contributed by atoms with Crippen molar-refractivity contribution >= 4 is 23.2 Å². The lowest BCUT2D eigenvalue weighted by atomic mass is 10.1. The number of anilines is 1. The molecule has 0 aromatic heterocycles. The van der Waals surface area contributed by atoms with Crippen LogP contribution in [0.4, 0.5) is 11.4 Å². The number of nitro groups is 1. The van der Waals surface area contributed by atoms with E-state index in [9.17, 15) is 19.7 Å². The highest BCUT2D eigenvalue weighted by molar-refractivity contribution is 6.10. The Morgan fingerprint density at radius 3 is 2.38 bits per heavy atom. The number of nitrogens with one attached hydrogen (secondary N) is 2. The first-order chi connectivity index (χ1) is 12.3. The SMILES string of the molecule is CC[C@H](C)NC(=O)c1ccccc1NC(=O)c1cccc([N+](=O)[O-])c1C. The molecular formula is C19H21N3O4. The van der Waals surface area contributed by atoms with Crippen LogP contribution in [0.2, 0.25) is 0 Å². The monoisotopic (exact) mass is 355 g/mol. The Morgan fingerprint density at radius 1 is 1.08 bits per heavy atom. The van der Waals surface area contributed by atoms with E-state index in [-0.39, 0.29) is 28.8 Å². The fourth-order valence-corrected chi connectivity index (χ4v) is 2.45. The van der Waals surface area contributed by atoms with Gasteiger partial charge in [-0.05, 0) is 38.5 Å². The largest absolute Gasteiger partial charge is 0.350 e. The topological polar surface area (TPSA) is 101 Å². The zero-order valence-electron chi connectivity index (χ0n) is 14.9. The third-order valence-electron chi connectivity index (χ3n) is 4.16. The summed E-state index contributed by atoms with van der Waals surface area (Å²) >= 11 is 0. The minimum Gasteiger partial charge on any atom is -0.350 e. The maximum absolute atomic E-state index is 12.6. The fourth-order valence-electron chi connectivity index (χ4n) is 2.45.